The number of hydrogen-bond acceptors (Lipinski definition) is 3. The highest BCUT2D eigenvalue weighted by Gasteiger charge is 2.46. The summed E-state index contributed by atoms with van der Waals surface area (Å²) in [6.07, 6.45) is 6.28. The summed E-state index contributed by atoms with van der Waals surface area (Å²) in [6, 6.07) is 0. The summed E-state index contributed by atoms with van der Waals surface area (Å²) in [4.78, 5) is 0. The molecule has 2 aliphatic carbocycles. The van der Waals surface area contributed by atoms with Gasteiger partial charge in [-0.25, -0.2) is 0 Å². The Bertz CT molecular complexity index is 518. The molecule has 110 valence electrons. The molecule has 2 aliphatic rings. The van der Waals surface area contributed by atoms with Crippen molar-refractivity contribution in [1.29, 1.82) is 0 Å². The lowest BCUT2D eigenvalue weighted by Crippen LogP contribution is -2.45. The molecule has 0 aromatic heterocycles. The smallest absolute Gasteiger partial charge is 0.115 e. The van der Waals surface area contributed by atoms with Crippen LogP contribution in [0.25, 0.3) is 0 Å². The van der Waals surface area contributed by atoms with E-state index in [1.807, 2.05) is 13.0 Å². The van der Waals surface area contributed by atoms with Crippen LogP contribution in [-0.4, -0.2) is 27.0 Å². The molecular formula is C16H21BrO3. The van der Waals surface area contributed by atoms with E-state index in [4.69, 9.17) is 0 Å². The van der Waals surface area contributed by atoms with Gasteiger partial charge in [0.2, 0.25) is 0 Å². The van der Waals surface area contributed by atoms with E-state index in [0.29, 0.717) is 16.5 Å². The van der Waals surface area contributed by atoms with Crippen LogP contribution in [-0.2, 0) is 0 Å². The van der Waals surface area contributed by atoms with Gasteiger partial charge in [-0.1, -0.05) is 34.7 Å². The van der Waals surface area contributed by atoms with Crippen molar-refractivity contribution in [2.24, 2.45) is 11.8 Å². The van der Waals surface area contributed by atoms with Crippen LogP contribution in [0, 0.1) is 11.8 Å². The molecule has 3 unspecified atom stereocenters. The predicted molar refractivity (Wildman–Crippen MR) is 83.5 cm³/mol. The third-order valence-corrected chi connectivity index (χ3v) is 5.17. The van der Waals surface area contributed by atoms with Crippen LogP contribution in [0.5, 0.6) is 0 Å². The zero-order chi connectivity index (χ0) is 15.1. The second kappa shape index (κ2) is 5.51. The molecule has 0 saturated heterocycles. The molecule has 0 bridgehead atoms. The second-order valence-electron chi connectivity index (χ2n) is 5.78. The summed E-state index contributed by atoms with van der Waals surface area (Å²) in [7, 11) is 0. The Morgan fingerprint density at radius 3 is 2.55 bits per heavy atom. The van der Waals surface area contributed by atoms with Gasteiger partial charge in [-0.05, 0) is 44.3 Å². The molecule has 20 heavy (non-hydrogen) atoms. The van der Waals surface area contributed by atoms with Crippen molar-refractivity contribution in [1.82, 2.24) is 0 Å². The van der Waals surface area contributed by atoms with Crippen LogP contribution in [0.1, 0.15) is 26.7 Å². The molecule has 2 rings (SSSR count). The molecule has 0 amide bonds. The molecule has 0 aliphatic heterocycles. The van der Waals surface area contributed by atoms with Crippen LogP contribution in [0.3, 0.4) is 0 Å². The summed E-state index contributed by atoms with van der Waals surface area (Å²) in [6.45, 7) is 7.47. The van der Waals surface area contributed by atoms with Crippen molar-refractivity contribution in [3.8, 4) is 0 Å². The lowest BCUT2D eigenvalue weighted by atomic mass is 9.67. The fourth-order valence-corrected chi connectivity index (χ4v) is 3.53. The Morgan fingerprint density at radius 2 is 2.05 bits per heavy atom. The maximum atomic E-state index is 11.0. The van der Waals surface area contributed by atoms with Gasteiger partial charge >= 0.3 is 0 Å². The molecule has 0 fully saturated rings. The van der Waals surface area contributed by atoms with E-state index in [0.717, 1.165) is 12.0 Å². The van der Waals surface area contributed by atoms with Gasteiger partial charge in [-0.3, -0.25) is 0 Å². The van der Waals surface area contributed by atoms with E-state index >= 15 is 0 Å². The lowest BCUT2D eigenvalue weighted by molar-refractivity contribution is 0.0290. The first-order valence-electron chi connectivity index (χ1n) is 6.80. The van der Waals surface area contributed by atoms with Gasteiger partial charge in [0, 0.05) is 10.1 Å². The van der Waals surface area contributed by atoms with Crippen molar-refractivity contribution in [2.45, 2.75) is 38.4 Å². The Kier molecular flexibility index (Phi) is 4.28. The van der Waals surface area contributed by atoms with Gasteiger partial charge in [-0.2, -0.15) is 0 Å². The van der Waals surface area contributed by atoms with Crippen LogP contribution in [0.2, 0.25) is 0 Å². The van der Waals surface area contributed by atoms with E-state index in [2.05, 4.69) is 22.5 Å². The molecule has 0 aromatic rings. The molecule has 0 radical (unpaired) electrons. The zero-order valence-electron chi connectivity index (χ0n) is 11.8. The predicted octanol–water partition coefficient (Wildman–Crippen LogP) is 3.36. The Morgan fingerprint density at radius 1 is 1.40 bits per heavy atom. The fraction of sp³-hybridized carbons (Fsp3) is 0.500. The quantitative estimate of drug-likeness (QED) is 0.675. The minimum Gasteiger partial charge on any atom is -0.512 e. The molecule has 4 atom stereocenters. The van der Waals surface area contributed by atoms with E-state index in [1.54, 1.807) is 19.1 Å². The van der Waals surface area contributed by atoms with Crippen molar-refractivity contribution >= 4 is 15.9 Å². The normalized spacial score (nSPS) is 37.9. The number of aliphatic hydroxyl groups is 3. The minimum atomic E-state index is -1.28. The van der Waals surface area contributed by atoms with E-state index < -0.39 is 17.6 Å². The first-order valence-corrected chi connectivity index (χ1v) is 7.60. The number of hydrogen-bond donors (Lipinski definition) is 3. The molecular weight excluding hydrogens is 320 g/mol. The van der Waals surface area contributed by atoms with Gasteiger partial charge in [-0.15, -0.1) is 0 Å². The van der Waals surface area contributed by atoms with Gasteiger partial charge in [0.05, 0.1) is 12.0 Å². The molecule has 0 saturated carbocycles. The first kappa shape index (κ1) is 15.5. The van der Waals surface area contributed by atoms with E-state index in [1.165, 1.54) is 0 Å². The van der Waals surface area contributed by atoms with Gasteiger partial charge < -0.3 is 15.3 Å². The lowest BCUT2D eigenvalue weighted by Gasteiger charge is -2.42. The van der Waals surface area contributed by atoms with Crippen molar-refractivity contribution in [3.05, 3.63) is 46.2 Å². The first-order chi connectivity index (χ1) is 9.27. The number of halogens is 1. The van der Waals surface area contributed by atoms with Crippen LogP contribution in [0.4, 0.5) is 0 Å². The average Bonchev–Trinajstić information content (AvgIpc) is 2.38. The standard InChI is InChI=1S/C16H21BrO3/c1-9(2)16(20)8-13(17)10(3)15(19)14(16)11-4-6-12(18)7-5-11/h4,6,8,11-12,14,18-20H,1,5,7H2,2-3H3/t11?,12?,14-,16?/m1/s1. The molecule has 4 heteroatoms. The van der Waals surface area contributed by atoms with Crippen LogP contribution < -0.4 is 0 Å². The monoisotopic (exact) mass is 340 g/mol. The second-order valence-corrected chi connectivity index (χ2v) is 6.63. The molecule has 3 nitrogen and oxygen atoms in total. The summed E-state index contributed by atoms with van der Waals surface area (Å²) < 4.78 is 0.691. The topological polar surface area (TPSA) is 60.7 Å². The largest absolute Gasteiger partial charge is 0.512 e. The SMILES string of the molecule is C=C(C)C1(O)C=C(Br)C(C)=C(O)[C@H]1C1C=CC(O)CC1. The number of allylic oxidation sites excluding steroid dienone is 3. The highest BCUT2D eigenvalue weighted by Crippen LogP contribution is 2.46. The Labute approximate surface area is 128 Å². The van der Waals surface area contributed by atoms with Gasteiger partial charge in [0.15, 0.2) is 0 Å². The van der Waals surface area contributed by atoms with Crippen molar-refractivity contribution in [3.63, 3.8) is 0 Å². The molecule has 3 N–H and O–H groups in total. The third-order valence-electron chi connectivity index (χ3n) is 4.35. The van der Waals surface area contributed by atoms with E-state index in [-0.39, 0.29) is 11.7 Å². The van der Waals surface area contributed by atoms with Crippen molar-refractivity contribution in [2.75, 3.05) is 0 Å². The highest BCUT2D eigenvalue weighted by atomic mass is 79.9. The summed E-state index contributed by atoms with van der Waals surface area (Å²) >= 11 is 3.38. The average molecular weight is 341 g/mol. The number of aliphatic hydroxyl groups excluding tert-OH is 2. The number of rotatable bonds is 2. The van der Waals surface area contributed by atoms with Gasteiger partial charge in [0.25, 0.3) is 0 Å². The molecule has 0 heterocycles. The molecule has 0 spiro atoms. The minimum absolute atomic E-state index is 0.0214. The third kappa shape index (κ3) is 2.52. The van der Waals surface area contributed by atoms with E-state index in [9.17, 15) is 15.3 Å². The van der Waals surface area contributed by atoms with Crippen molar-refractivity contribution < 1.29 is 15.3 Å². The summed E-state index contributed by atoms with van der Waals surface area (Å²) in [5.41, 5.74) is 0.0539. The van der Waals surface area contributed by atoms with Gasteiger partial charge in [0.1, 0.15) is 11.4 Å². The maximum Gasteiger partial charge on any atom is 0.115 e. The highest BCUT2D eigenvalue weighted by molar-refractivity contribution is 9.12. The van der Waals surface area contributed by atoms with Crippen LogP contribution >= 0.6 is 15.9 Å². The zero-order valence-corrected chi connectivity index (χ0v) is 13.4. The Balaban J connectivity index is 2.47. The summed E-state index contributed by atoms with van der Waals surface area (Å²) in [5, 5.41) is 31.1. The maximum absolute atomic E-state index is 11.0. The molecule has 0 aromatic carbocycles. The fourth-order valence-electron chi connectivity index (χ4n) is 2.98. The summed E-state index contributed by atoms with van der Waals surface area (Å²) in [5.74, 6) is -0.284. The van der Waals surface area contributed by atoms with Crippen LogP contribution in [0.15, 0.2) is 46.2 Å². The Hall–Kier alpha value is -0.840.